The maximum absolute atomic E-state index is 15.4. The standard InChI is InChI=1S/C41H56F2N6O10S/c1-24-12-8-9-13-26-22-41(26,36(53)46-60(56,57)39(5)16-17-39)44-32(50)30-21-27(59-33-28-14-10-11-15-29(28)34(51)48(45-33)18-19-58-7)23-47(30)35(52)31(25(2)20-24)49(37(54)55)38(3,4)40(6,42)43/h9-11,13-15,24-27,30-31H,8,12,16-23H2,1-7H3,(H,44,50)(H,46,53)(H,54,55)/b13-9-/t24-,25-,26-,27-,30+,31+,41-/m1/s1. The highest BCUT2D eigenvalue weighted by Crippen LogP contribution is 2.48. The first-order valence-corrected chi connectivity index (χ1v) is 21.9. The maximum atomic E-state index is 15.4. The fourth-order valence-electron chi connectivity index (χ4n) is 8.44. The van der Waals surface area contributed by atoms with Crippen LogP contribution in [-0.2, 0) is 35.7 Å². The van der Waals surface area contributed by atoms with Crippen molar-refractivity contribution in [3.63, 3.8) is 0 Å². The second-order valence-electron chi connectivity index (χ2n) is 17.9. The number of alkyl halides is 2. The molecule has 1 aromatic heterocycles. The van der Waals surface area contributed by atoms with Gasteiger partial charge < -0.3 is 24.8 Å². The molecule has 3 N–H and O–H groups in total. The topological polar surface area (TPSA) is 207 Å². The van der Waals surface area contributed by atoms with Crippen molar-refractivity contribution < 1.29 is 51.0 Å². The van der Waals surface area contributed by atoms with Crippen LogP contribution in [0.5, 0.6) is 5.88 Å². The van der Waals surface area contributed by atoms with Crippen LogP contribution in [0.3, 0.4) is 0 Å². The summed E-state index contributed by atoms with van der Waals surface area (Å²) in [5, 5.41) is 18.5. The van der Waals surface area contributed by atoms with E-state index >= 15 is 13.6 Å². The molecule has 0 unspecified atom stereocenters. The average Bonchev–Trinajstić information content (AvgIpc) is 4.05. The van der Waals surface area contributed by atoms with E-state index in [0.717, 1.165) is 18.7 Å². The minimum absolute atomic E-state index is 0.00147. The van der Waals surface area contributed by atoms with E-state index in [9.17, 15) is 32.7 Å². The van der Waals surface area contributed by atoms with Crippen molar-refractivity contribution in [1.29, 1.82) is 0 Å². The lowest BCUT2D eigenvalue weighted by molar-refractivity contribution is -0.156. The van der Waals surface area contributed by atoms with Gasteiger partial charge in [-0.25, -0.2) is 26.7 Å². The second kappa shape index (κ2) is 16.3. The molecule has 2 aromatic rings. The minimum Gasteiger partial charge on any atom is -0.471 e. The second-order valence-corrected chi connectivity index (χ2v) is 20.1. The molecule has 1 saturated heterocycles. The van der Waals surface area contributed by atoms with Crippen molar-refractivity contribution >= 4 is 44.6 Å². The molecule has 2 aliphatic carbocycles. The minimum atomic E-state index is -4.12. The molecule has 7 atom stereocenters. The lowest BCUT2D eigenvalue weighted by atomic mass is 9.84. The summed E-state index contributed by atoms with van der Waals surface area (Å²) >= 11 is 0. The number of benzene rings is 1. The number of allylic oxidation sites excluding steroid dienone is 1. The zero-order chi connectivity index (χ0) is 44.2. The molecule has 3 fully saturated rings. The number of fused-ring (bicyclic) bond motifs is 3. The number of sulfonamides is 1. The Morgan fingerprint density at radius 2 is 1.77 bits per heavy atom. The number of carbonyl (C=O) groups excluding carboxylic acids is 3. The number of methoxy groups -OCH3 is 1. The Kier molecular flexibility index (Phi) is 12.2. The van der Waals surface area contributed by atoms with Gasteiger partial charge in [-0.1, -0.05) is 38.1 Å². The van der Waals surface area contributed by atoms with Crippen LogP contribution < -0.4 is 20.3 Å². The molecule has 2 saturated carbocycles. The van der Waals surface area contributed by atoms with E-state index < -0.39 is 91.2 Å². The number of halogens is 2. The van der Waals surface area contributed by atoms with Crippen molar-refractivity contribution in [3.8, 4) is 5.88 Å². The van der Waals surface area contributed by atoms with Crippen molar-refractivity contribution in [2.24, 2.45) is 17.8 Å². The monoisotopic (exact) mass is 862 g/mol. The van der Waals surface area contributed by atoms with Crippen molar-refractivity contribution in [2.75, 3.05) is 20.3 Å². The van der Waals surface area contributed by atoms with Crippen molar-refractivity contribution in [3.05, 3.63) is 46.8 Å². The predicted octanol–water partition coefficient (Wildman–Crippen LogP) is 4.06. The number of hydrogen-bond acceptors (Lipinski definition) is 10. The Morgan fingerprint density at radius 3 is 2.38 bits per heavy atom. The quantitative estimate of drug-likeness (QED) is 0.275. The highest BCUT2D eigenvalue weighted by atomic mass is 32.2. The zero-order valence-electron chi connectivity index (χ0n) is 35.1. The van der Waals surface area contributed by atoms with Gasteiger partial charge in [-0.05, 0) is 83.3 Å². The number of ether oxygens (including phenoxy) is 2. The van der Waals surface area contributed by atoms with E-state index in [4.69, 9.17) is 9.47 Å². The van der Waals surface area contributed by atoms with Gasteiger partial charge >= 0.3 is 6.09 Å². The third-order valence-corrected chi connectivity index (χ3v) is 15.1. The molecule has 6 rings (SSSR count). The van der Waals surface area contributed by atoms with Gasteiger partial charge in [-0.15, -0.1) is 5.10 Å². The van der Waals surface area contributed by atoms with Gasteiger partial charge in [0.2, 0.25) is 27.7 Å². The number of rotatable bonds is 11. The summed E-state index contributed by atoms with van der Waals surface area (Å²) in [5.74, 6) is -7.86. The number of aromatic nitrogens is 2. The summed E-state index contributed by atoms with van der Waals surface area (Å²) in [7, 11) is -2.65. The van der Waals surface area contributed by atoms with Crippen LogP contribution >= 0.6 is 0 Å². The highest BCUT2D eigenvalue weighted by molar-refractivity contribution is 7.91. The normalized spacial score (nSPS) is 29.0. The van der Waals surface area contributed by atoms with E-state index in [-0.39, 0.29) is 56.1 Å². The van der Waals surface area contributed by atoms with Crippen LogP contribution in [-0.4, -0.2) is 117 Å². The summed E-state index contributed by atoms with van der Waals surface area (Å²) < 4.78 is 71.1. The fraction of sp³-hybridized carbons (Fsp3) is 0.659. The summed E-state index contributed by atoms with van der Waals surface area (Å²) in [6.45, 7) is 7.62. The summed E-state index contributed by atoms with van der Waals surface area (Å²) in [6.07, 6.45) is 2.70. The molecule has 60 heavy (non-hydrogen) atoms. The molecule has 4 aliphatic rings. The van der Waals surface area contributed by atoms with Gasteiger partial charge in [0.05, 0.1) is 35.2 Å². The van der Waals surface area contributed by atoms with Gasteiger partial charge in [0.25, 0.3) is 17.4 Å². The van der Waals surface area contributed by atoms with Crippen LogP contribution in [0.4, 0.5) is 13.6 Å². The lowest BCUT2D eigenvalue weighted by Gasteiger charge is -2.47. The predicted molar refractivity (Wildman–Crippen MR) is 216 cm³/mol. The number of amides is 4. The zero-order valence-corrected chi connectivity index (χ0v) is 35.9. The number of nitrogens with zero attached hydrogens (tertiary/aromatic N) is 4. The number of carbonyl (C=O) groups is 4. The molecule has 0 radical (unpaired) electrons. The van der Waals surface area contributed by atoms with Crippen molar-refractivity contribution in [1.82, 2.24) is 29.6 Å². The van der Waals surface area contributed by atoms with E-state index in [2.05, 4.69) is 15.1 Å². The molecule has 2 aliphatic heterocycles. The molecular weight excluding hydrogens is 807 g/mol. The van der Waals surface area contributed by atoms with Gasteiger partial charge in [0.1, 0.15) is 29.3 Å². The summed E-state index contributed by atoms with van der Waals surface area (Å²) in [5.41, 5.74) is -4.51. The van der Waals surface area contributed by atoms with Crippen molar-refractivity contribution in [2.45, 2.75) is 133 Å². The van der Waals surface area contributed by atoms with Crippen LogP contribution in [0.1, 0.15) is 86.5 Å². The molecule has 3 heterocycles. The largest absolute Gasteiger partial charge is 0.471 e. The van der Waals surface area contributed by atoms with E-state index in [1.54, 1.807) is 37.3 Å². The van der Waals surface area contributed by atoms with Crippen LogP contribution in [0.15, 0.2) is 41.2 Å². The Morgan fingerprint density at radius 1 is 1.10 bits per heavy atom. The Balaban J connectivity index is 1.44. The third kappa shape index (κ3) is 8.47. The van der Waals surface area contributed by atoms with Gasteiger partial charge in [-0.3, -0.25) is 28.8 Å². The highest BCUT2D eigenvalue weighted by Gasteiger charge is 2.63. The van der Waals surface area contributed by atoms with Crippen LogP contribution in [0, 0.1) is 17.8 Å². The molecule has 1 aromatic carbocycles. The molecule has 0 spiro atoms. The summed E-state index contributed by atoms with van der Waals surface area (Å²) in [4.78, 5) is 71.9. The van der Waals surface area contributed by atoms with E-state index in [1.807, 2.05) is 13.0 Å². The molecular formula is C41H56F2N6O10S. The first-order chi connectivity index (χ1) is 28.0. The Labute approximate surface area is 348 Å². The maximum Gasteiger partial charge on any atom is 0.408 e. The fourth-order valence-corrected chi connectivity index (χ4v) is 9.75. The summed E-state index contributed by atoms with van der Waals surface area (Å²) in [6, 6.07) is 3.42. The van der Waals surface area contributed by atoms with Gasteiger partial charge in [-0.2, -0.15) is 0 Å². The van der Waals surface area contributed by atoms with E-state index in [1.165, 1.54) is 18.7 Å². The number of carboxylic acid groups (broad SMARTS) is 1. The molecule has 16 nitrogen and oxygen atoms in total. The Hall–Kier alpha value is -4.65. The first kappa shape index (κ1) is 44.9. The van der Waals surface area contributed by atoms with Gasteiger partial charge in [0, 0.05) is 26.4 Å². The number of nitrogens with one attached hydrogen (secondary N) is 2. The van der Waals surface area contributed by atoms with Gasteiger partial charge in [0.15, 0.2) is 0 Å². The molecule has 0 bridgehead atoms. The van der Waals surface area contributed by atoms with Crippen LogP contribution in [0.2, 0.25) is 0 Å². The third-order valence-electron chi connectivity index (χ3n) is 13.0. The number of hydrogen-bond donors (Lipinski definition) is 3. The van der Waals surface area contributed by atoms with Crippen LogP contribution in [0.25, 0.3) is 10.8 Å². The first-order valence-electron chi connectivity index (χ1n) is 20.4. The molecule has 4 amide bonds. The Bertz CT molecular complexity index is 2220. The molecule has 19 heteroatoms. The average molecular weight is 863 g/mol. The lowest BCUT2D eigenvalue weighted by Crippen LogP contribution is -2.66. The SMILES string of the molecule is COCCn1nc(O[C@@H]2C[C@H]3C(=O)N[C@]4(C(=O)NS(=O)(=O)C5(C)CC5)C[C@H]4/C=C\CC[C@@H](C)C[C@@H](C)[C@H](N(C(=O)O)C(C)(C)C(C)(F)F)C(=O)N3C2)c2ccccc2c1=O. The molecule has 330 valence electrons. The smallest absolute Gasteiger partial charge is 0.408 e. The van der Waals surface area contributed by atoms with E-state index in [0.29, 0.717) is 42.9 Å².